The molecule has 0 fully saturated rings. The average molecular weight is 283 g/mol. The van der Waals surface area contributed by atoms with Crippen LogP contribution in [0.15, 0.2) is 36.5 Å². The van der Waals surface area contributed by atoms with E-state index in [2.05, 4.69) is 22.4 Å². The van der Waals surface area contributed by atoms with Crippen molar-refractivity contribution in [2.75, 3.05) is 11.1 Å². The number of benzene rings is 1. The van der Waals surface area contributed by atoms with Gasteiger partial charge in [-0.2, -0.15) is 0 Å². The molecule has 108 valence electrons. The molecule has 5 heteroatoms. The van der Waals surface area contributed by atoms with Gasteiger partial charge < -0.3 is 16.2 Å². The lowest BCUT2D eigenvalue weighted by Crippen LogP contribution is -2.19. The third kappa shape index (κ3) is 2.54. The van der Waals surface area contributed by atoms with Gasteiger partial charge in [-0.3, -0.25) is 0 Å². The molecule has 0 saturated carbocycles. The Kier molecular flexibility index (Phi) is 3.48. The molecule has 0 saturated heterocycles. The molecular weight excluding hydrogens is 266 g/mol. The molecule has 3 rings (SSSR count). The molecule has 5 nitrogen and oxygen atoms in total. The Bertz CT molecular complexity index is 685. The van der Waals surface area contributed by atoms with E-state index in [0.29, 0.717) is 5.82 Å². The van der Waals surface area contributed by atoms with E-state index < -0.39 is 5.97 Å². The summed E-state index contributed by atoms with van der Waals surface area (Å²) in [5, 5.41) is 12.4. The fraction of sp³-hybridized carbons (Fsp3) is 0.250. The number of hydrogen-bond acceptors (Lipinski definition) is 4. The van der Waals surface area contributed by atoms with Crippen molar-refractivity contribution in [1.29, 1.82) is 0 Å². The highest BCUT2D eigenvalue weighted by Gasteiger charge is 2.21. The fourth-order valence-electron chi connectivity index (χ4n) is 2.84. The first-order chi connectivity index (χ1) is 10.2. The standard InChI is InChI=1S/C16H17N3O2/c17-14-12(16(20)21)8-9-18-15(14)19-13-7-3-5-10-4-1-2-6-11(10)13/h1-2,4,6,8-9,13H,3,5,7,17H2,(H,18,19)(H,20,21). The first-order valence-corrected chi connectivity index (χ1v) is 6.99. The van der Waals surface area contributed by atoms with Crippen LogP contribution < -0.4 is 11.1 Å². The van der Waals surface area contributed by atoms with Crippen molar-refractivity contribution >= 4 is 17.5 Å². The molecular formula is C16H17N3O2. The summed E-state index contributed by atoms with van der Waals surface area (Å²) >= 11 is 0. The van der Waals surface area contributed by atoms with Crippen molar-refractivity contribution < 1.29 is 9.90 Å². The van der Waals surface area contributed by atoms with Crippen LogP contribution in [0.3, 0.4) is 0 Å². The minimum atomic E-state index is -1.04. The highest BCUT2D eigenvalue weighted by Crippen LogP contribution is 2.33. The number of nitrogens with two attached hydrogens (primary N) is 1. The summed E-state index contributed by atoms with van der Waals surface area (Å²) in [7, 11) is 0. The Morgan fingerprint density at radius 3 is 2.95 bits per heavy atom. The summed E-state index contributed by atoms with van der Waals surface area (Å²) in [6.07, 6.45) is 4.62. The van der Waals surface area contributed by atoms with Gasteiger partial charge in [0.1, 0.15) is 0 Å². The number of nitrogens with one attached hydrogen (secondary N) is 1. The van der Waals surface area contributed by atoms with Crippen LogP contribution in [0.5, 0.6) is 0 Å². The van der Waals surface area contributed by atoms with Gasteiger partial charge in [-0.15, -0.1) is 0 Å². The summed E-state index contributed by atoms with van der Waals surface area (Å²) < 4.78 is 0. The molecule has 0 bridgehead atoms. The molecule has 1 unspecified atom stereocenters. The van der Waals surface area contributed by atoms with Gasteiger partial charge in [-0.25, -0.2) is 9.78 Å². The molecule has 1 heterocycles. The van der Waals surface area contributed by atoms with Gasteiger partial charge in [0.05, 0.1) is 17.3 Å². The number of carbonyl (C=O) groups is 1. The first kappa shape index (κ1) is 13.4. The van der Waals surface area contributed by atoms with Gasteiger partial charge in [0.2, 0.25) is 0 Å². The molecule has 1 aliphatic rings. The van der Waals surface area contributed by atoms with Crippen molar-refractivity contribution in [3.8, 4) is 0 Å². The molecule has 0 aliphatic heterocycles. The summed E-state index contributed by atoms with van der Waals surface area (Å²) in [5.41, 5.74) is 8.75. The van der Waals surface area contributed by atoms with E-state index in [0.717, 1.165) is 19.3 Å². The maximum atomic E-state index is 11.1. The van der Waals surface area contributed by atoms with E-state index >= 15 is 0 Å². The van der Waals surface area contributed by atoms with E-state index in [4.69, 9.17) is 10.8 Å². The number of rotatable bonds is 3. The zero-order valence-corrected chi connectivity index (χ0v) is 11.5. The average Bonchev–Trinajstić information content (AvgIpc) is 2.49. The van der Waals surface area contributed by atoms with Crippen molar-refractivity contribution in [3.63, 3.8) is 0 Å². The molecule has 1 aromatic heterocycles. The Morgan fingerprint density at radius 2 is 2.14 bits per heavy atom. The highest BCUT2D eigenvalue weighted by atomic mass is 16.4. The second-order valence-electron chi connectivity index (χ2n) is 5.21. The fourth-order valence-corrected chi connectivity index (χ4v) is 2.84. The SMILES string of the molecule is Nc1c(C(=O)O)ccnc1NC1CCCc2ccccc21. The lowest BCUT2D eigenvalue weighted by molar-refractivity contribution is 0.0698. The molecule has 0 spiro atoms. The number of anilines is 2. The largest absolute Gasteiger partial charge is 0.478 e. The van der Waals surface area contributed by atoms with Crippen molar-refractivity contribution in [2.45, 2.75) is 25.3 Å². The van der Waals surface area contributed by atoms with E-state index in [1.54, 1.807) is 0 Å². The van der Waals surface area contributed by atoms with Gasteiger partial charge in [0.25, 0.3) is 0 Å². The van der Waals surface area contributed by atoms with Crippen LogP contribution in [0.25, 0.3) is 0 Å². The maximum Gasteiger partial charge on any atom is 0.337 e. The van der Waals surface area contributed by atoms with Gasteiger partial charge in [0, 0.05) is 6.20 Å². The number of nitrogens with zero attached hydrogens (tertiary/aromatic N) is 1. The number of hydrogen-bond donors (Lipinski definition) is 3. The number of pyridine rings is 1. The Labute approximate surface area is 122 Å². The smallest absolute Gasteiger partial charge is 0.337 e. The Morgan fingerprint density at radius 1 is 1.33 bits per heavy atom. The van der Waals surface area contributed by atoms with Crippen LogP contribution in [-0.4, -0.2) is 16.1 Å². The predicted octanol–water partition coefficient (Wildman–Crippen LogP) is 2.85. The van der Waals surface area contributed by atoms with Crippen LogP contribution >= 0.6 is 0 Å². The number of nitrogen functional groups attached to an aromatic ring is 1. The van der Waals surface area contributed by atoms with E-state index in [9.17, 15) is 4.79 Å². The van der Waals surface area contributed by atoms with E-state index in [1.807, 2.05) is 12.1 Å². The molecule has 1 aliphatic carbocycles. The third-order valence-corrected chi connectivity index (χ3v) is 3.90. The highest BCUT2D eigenvalue weighted by molar-refractivity contribution is 5.96. The van der Waals surface area contributed by atoms with Crippen molar-refractivity contribution in [3.05, 3.63) is 53.2 Å². The molecule has 0 amide bonds. The minimum absolute atomic E-state index is 0.0802. The van der Waals surface area contributed by atoms with Gasteiger partial charge in [-0.1, -0.05) is 24.3 Å². The van der Waals surface area contributed by atoms with Crippen molar-refractivity contribution in [1.82, 2.24) is 4.98 Å². The summed E-state index contributed by atoms with van der Waals surface area (Å²) in [6.45, 7) is 0. The van der Waals surface area contributed by atoms with Gasteiger partial charge >= 0.3 is 5.97 Å². The molecule has 0 radical (unpaired) electrons. The zero-order valence-electron chi connectivity index (χ0n) is 11.5. The van der Waals surface area contributed by atoms with Gasteiger partial charge in [0.15, 0.2) is 5.82 Å². The van der Waals surface area contributed by atoms with Crippen LogP contribution in [0, 0.1) is 0 Å². The normalized spacial score (nSPS) is 17.0. The molecule has 21 heavy (non-hydrogen) atoms. The monoisotopic (exact) mass is 283 g/mol. The number of aryl methyl sites for hydroxylation is 1. The quantitative estimate of drug-likeness (QED) is 0.806. The molecule has 4 N–H and O–H groups in total. The molecule has 1 atom stereocenters. The second kappa shape index (κ2) is 5.44. The summed E-state index contributed by atoms with van der Waals surface area (Å²) in [5.74, 6) is -0.599. The number of carboxylic acid groups (broad SMARTS) is 1. The predicted molar refractivity (Wildman–Crippen MR) is 81.4 cm³/mol. The number of aromatic carboxylic acids is 1. The Hall–Kier alpha value is -2.56. The summed E-state index contributed by atoms with van der Waals surface area (Å²) in [4.78, 5) is 15.3. The topological polar surface area (TPSA) is 88.2 Å². The summed E-state index contributed by atoms with van der Waals surface area (Å²) in [6, 6.07) is 9.82. The second-order valence-corrected chi connectivity index (χ2v) is 5.21. The van der Waals surface area contributed by atoms with Crippen LogP contribution in [0.1, 0.15) is 40.4 Å². The molecule has 1 aromatic carbocycles. The van der Waals surface area contributed by atoms with Crippen LogP contribution in [0.2, 0.25) is 0 Å². The Balaban J connectivity index is 1.92. The van der Waals surface area contributed by atoms with E-state index in [1.165, 1.54) is 23.4 Å². The molecule has 2 aromatic rings. The van der Waals surface area contributed by atoms with E-state index in [-0.39, 0.29) is 17.3 Å². The van der Waals surface area contributed by atoms with Crippen LogP contribution in [0.4, 0.5) is 11.5 Å². The van der Waals surface area contributed by atoms with Gasteiger partial charge in [-0.05, 0) is 36.5 Å². The zero-order chi connectivity index (χ0) is 14.8. The number of aromatic nitrogens is 1. The maximum absolute atomic E-state index is 11.1. The van der Waals surface area contributed by atoms with Crippen LogP contribution in [-0.2, 0) is 6.42 Å². The van der Waals surface area contributed by atoms with Crippen molar-refractivity contribution in [2.24, 2.45) is 0 Å². The lowest BCUT2D eigenvalue weighted by Gasteiger charge is -2.27. The first-order valence-electron chi connectivity index (χ1n) is 6.99. The lowest BCUT2D eigenvalue weighted by atomic mass is 9.88. The third-order valence-electron chi connectivity index (χ3n) is 3.90. The number of carboxylic acids is 1. The minimum Gasteiger partial charge on any atom is -0.478 e. The number of fused-ring (bicyclic) bond motifs is 1.